The topological polar surface area (TPSA) is 56.2 Å². The van der Waals surface area contributed by atoms with Gasteiger partial charge in [0, 0.05) is 4.79 Å². The van der Waals surface area contributed by atoms with Gasteiger partial charge in [-0.1, -0.05) is 0 Å². The fourth-order valence-corrected chi connectivity index (χ4v) is 1.97. The molecular formula is C9H15N3O2. The number of hydrogen-bond acceptors (Lipinski definition) is 4. The van der Waals surface area contributed by atoms with Crippen molar-refractivity contribution >= 4 is 0 Å². The lowest BCUT2D eigenvalue weighted by molar-refractivity contribution is -0.766. The summed E-state index contributed by atoms with van der Waals surface area (Å²) in [4.78, 5) is 1.53. The van der Waals surface area contributed by atoms with E-state index in [0.717, 1.165) is 19.4 Å². The van der Waals surface area contributed by atoms with Crippen LogP contribution in [0.25, 0.3) is 0 Å². The molecule has 2 rings (SSSR count). The van der Waals surface area contributed by atoms with E-state index >= 15 is 0 Å². The Kier molecular flexibility index (Phi) is 2.09. The summed E-state index contributed by atoms with van der Waals surface area (Å²) >= 11 is 0. The molecule has 0 spiro atoms. The first-order valence-corrected chi connectivity index (χ1v) is 4.93. The van der Waals surface area contributed by atoms with Crippen LogP contribution in [0.3, 0.4) is 0 Å². The van der Waals surface area contributed by atoms with Gasteiger partial charge in [0.25, 0.3) is 6.20 Å². The van der Waals surface area contributed by atoms with Crippen molar-refractivity contribution in [2.45, 2.75) is 38.6 Å². The molecule has 1 aliphatic heterocycles. The molecule has 5 nitrogen and oxygen atoms in total. The number of aromatic nitrogens is 2. The van der Waals surface area contributed by atoms with Crippen molar-refractivity contribution in [2.75, 3.05) is 11.6 Å². The molecule has 0 atom stereocenters. The molecule has 0 aliphatic carbocycles. The number of rotatable bonds is 1. The Bertz CT molecular complexity index is 322. The van der Waals surface area contributed by atoms with Crippen LogP contribution in [0.1, 0.15) is 33.1 Å². The smallest absolute Gasteiger partial charge is 0.255 e. The van der Waals surface area contributed by atoms with Crippen molar-refractivity contribution in [2.24, 2.45) is 0 Å². The van der Waals surface area contributed by atoms with E-state index in [-0.39, 0.29) is 5.54 Å². The van der Waals surface area contributed by atoms with Gasteiger partial charge in [0.15, 0.2) is 5.95 Å². The van der Waals surface area contributed by atoms with Crippen molar-refractivity contribution in [3.63, 3.8) is 0 Å². The highest BCUT2D eigenvalue weighted by atomic mass is 16.6. The zero-order chi connectivity index (χ0) is 10.2. The van der Waals surface area contributed by atoms with Crippen molar-refractivity contribution in [3.05, 3.63) is 6.20 Å². The molecule has 5 heteroatoms. The molecule has 0 bridgehead atoms. The Hall–Kier alpha value is -1.26. The summed E-state index contributed by atoms with van der Waals surface area (Å²) in [5, 5.41) is 16.6. The Morgan fingerprint density at radius 3 is 2.93 bits per heavy atom. The van der Waals surface area contributed by atoms with Gasteiger partial charge in [-0.25, -0.2) is 0 Å². The quantitative estimate of drug-likeness (QED) is 0.592. The molecule has 2 heterocycles. The summed E-state index contributed by atoms with van der Waals surface area (Å²) in [7, 11) is 0. The third-order valence-corrected chi connectivity index (χ3v) is 2.79. The fourth-order valence-electron chi connectivity index (χ4n) is 1.97. The second-order valence-corrected chi connectivity index (χ2v) is 4.33. The maximum Gasteiger partial charge on any atom is 0.255 e. The first kappa shape index (κ1) is 9.30. The van der Waals surface area contributed by atoms with E-state index in [1.54, 1.807) is 0 Å². The van der Waals surface area contributed by atoms with Crippen LogP contribution >= 0.6 is 0 Å². The summed E-state index contributed by atoms with van der Waals surface area (Å²) < 4.78 is 4.53. The standard InChI is InChI=1S/C9H15N3O2/c1-9(2)5-3-4-6-11(9)12-7-8(13)14-10-12/h7H,3-6H2,1-2H3. The summed E-state index contributed by atoms with van der Waals surface area (Å²) in [5.41, 5.74) is 0.0478. The Morgan fingerprint density at radius 2 is 2.36 bits per heavy atom. The van der Waals surface area contributed by atoms with Crippen LogP contribution in [-0.4, -0.2) is 17.4 Å². The predicted octanol–water partition coefficient (Wildman–Crippen LogP) is -0.0638. The molecule has 1 saturated heterocycles. The van der Waals surface area contributed by atoms with Crippen LogP contribution in [0.2, 0.25) is 0 Å². The highest BCUT2D eigenvalue weighted by molar-refractivity contribution is 4.96. The largest absolute Gasteiger partial charge is 0.539 e. The van der Waals surface area contributed by atoms with Gasteiger partial charge in [0.2, 0.25) is 0 Å². The number of hydrogen-bond donors (Lipinski definition) is 0. The maximum absolute atomic E-state index is 10.9. The Morgan fingerprint density at radius 1 is 1.57 bits per heavy atom. The second-order valence-electron chi connectivity index (χ2n) is 4.33. The van der Waals surface area contributed by atoms with Crippen LogP contribution < -0.4 is 14.9 Å². The van der Waals surface area contributed by atoms with E-state index in [0.29, 0.717) is 0 Å². The van der Waals surface area contributed by atoms with Crippen molar-refractivity contribution < 1.29 is 14.4 Å². The molecule has 1 aromatic heterocycles. The van der Waals surface area contributed by atoms with Crippen LogP contribution in [0, 0.1) is 0 Å². The molecule has 0 amide bonds. The minimum Gasteiger partial charge on any atom is -0.539 e. The first-order chi connectivity index (χ1) is 6.59. The lowest BCUT2D eigenvalue weighted by atomic mass is 9.92. The average molecular weight is 197 g/mol. The highest BCUT2D eigenvalue weighted by Gasteiger charge is 2.36. The second kappa shape index (κ2) is 3.15. The molecule has 0 radical (unpaired) electrons. The predicted molar refractivity (Wildman–Crippen MR) is 47.2 cm³/mol. The third kappa shape index (κ3) is 1.54. The van der Waals surface area contributed by atoms with Gasteiger partial charge in [-0.05, 0) is 33.1 Å². The van der Waals surface area contributed by atoms with Gasteiger partial charge >= 0.3 is 0 Å². The molecule has 1 fully saturated rings. The molecular weight excluding hydrogens is 182 g/mol. The minimum atomic E-state index is -0.397. The summed E-state index contributed by atoms with van der Waals surface area (Å²) in [5.74, 6) is -0.397. The molecule has 0 aromatic carbocycles. The molecule has 0 N–H and O–H groups in total. The molecule has 1 aliphatic rings. The first-order valence-electron chi connectivity index (χ1n) is 4.93. The van der Waals surface area contributed by atoms with Gasteiger partial charge < -0.3 is 9.63 Å². The van der Waals surface area contributed by atoms with Crippen molar-refractivity contribution in [1.29, 1.82) is 0 Å². The summed E-state index contributed by atoms with van der Waals surface area (Å²) in [6.45, 7) is 5.22. The minimum absolute atomic E-state index is 0.0478. The molecule has 14 heavy (non-hydrogen) atoms. The lowest BCUT2D eigenvalue weighted by Crippen LogP contribution is -2.69. The molecule has 1 aromatic rings. The van der Waals surface area contributed by atoms with Gasteiger partial charge in [0.05, 0.1) is 12.1 Å². The summed E-state index contributed by atoms with van der Waals surface area (Å²) in [6, 6.07) is 0. The summed E-state index contributed by atoms with van der Waals surface area (Å²) in [6.07, 6.45) is 4.86. The maximum atomic E-state index is 10.9. The van der Waals surface area contributed by atoms with E-state index in [4.69, 9.17) is 0 Å². The van der Waals surface area contributed by atoms with E-state index < -0.39 is 5.95 Å². The van der Waals surface area contributed by atoms with Crippen LogP contribution in [0.4, 0.5) is 0 Å². The van der Waals surface area contributed by atoms with E-state index in [1.165, 1.54) is 17.4 Å². The fraction of sp³-hybridized carbons (Fsp3) is 0.778. The molecule has 0 saturated carbocycles. The SMILES string of the molecule is CC1(C)CCCCN1[n+]1cc([O-])on1. The van der Waals surface area contributed by atoms with Crippen LogP contribution in [0.5, 0.6) is 5.95 Å². The van der Waals surface area contributed by atoms with Gasteiger partial charge in [-0.3, -0.25) is 0 Å². The molecule has 78 valence electrons. The van der Waals surface area contributed by atoms with E-state index in [1.807, 2.05) is 0 Å². The van der Waals surface area contributed by atoms with Crippen molar-refractivity contribution in [1.82, 2.24) is 5.27 Å². The van der Waals surface area contributed by atoms with Gasteiger partial charge in [-0.2, -0.15) is 0 Å². The third-order valence-electron chi connectivity index (χ3n) is 2.79. The zero-order valence-corrected chi connectivity index (χ0v) is 8.56. The van der Waals surface area contributed by atoms with E-state index in [9.17, 15) is 5.11 Å². The van der Waals surface area contributed by atoms with E-state index in [2.05, 4.69) is 28.7 Å². The van der Waals surface area contributed by atoms with Crippen molar-refractivity contribution in [3.8, 4) is 5.95 Å². The van der Waals surface area contributed by atoms with Gasteiger partial charge in [-0.15, -0.1) is 5.01 Å². The highest BCUT2D eigenvalue weighted by Crippen LogP contribution is 2.23. The van der Waals surface area contributed by atoms with Crippen LogP contribution in [-0.2, 0) is 0 Å². The normalized spacial score (nSPS) is 21.1. The number of nitrogens with zero attached hydrogens (tertiary/aromatic N) is 3. The Balaban J connectivity index is 2.23. The monoisotopic (exact) mass is 197 g/mol. The molecule has 0 unspecified atom stereocenters. The Labute approximate surface area is 82.9 Å². The lowest BCUT2D eigenvalue weighted by Gasteiger charge is -2.35. The van der Waals surface area contributed by atoms with Gasteiger partial charge in [0.1, 0.15) is 5.27 Å². The number of piperidine rings is 1. The average Bonchev–Trinajstić information content (AvgIpc) is 2.51. The van der Waals surface area contributed by atoms with Crippen LogP contribution in [0.15, 0.2) is 10.7 Å². The zero-order valence-electron chi connectivity index (χ0n) is 8.56.